The van der Waals surface area contributed by atoms with E-state index >= 15 is 0 Å². The summed E-state index contributed by atoms with van der Waals surface area (Å²) in [6.07, 6.45) is 0.832. The maximum Gasteiger partial charge on any atom is 0.270 e. The van der Waals surface area contributed by atoms with E-state index in [2.05, 4.69) is 4.90 Å². The number of carbonyl (C=O) groups excluding carboxylic acids is 1. The van der Waals surface area contributed by atoms with Crippen molar-refractivity contribution in [1.29, 1.82) is 0 Å². The molecule has 0 bridgehead atoms. The lowest BCUT2D eigenvalue weighted by Gasteiger charge is -2.34. The van der Waals surface area contributed by atoms with Crippen molar-refractivity contribution in [2.24, 2.45) is 0 Å². The van der Waals surface area contributed by atoms with E-state index in [0.717, 1.165) is 31.6 Å². The van der Waals surface area contributed by atoms with Crippen LogP contribution in [-0.2, 0) is 6.42 Å². The lowest BCUT2D eigenvalue weighted by Crippen LogP contribution is -2.49. The SMILES string of the molecule is O=C(c1cccc([N+](=O)[O-])c1)N1CCN(CCc2ccc(F)cc2)CC1. The van der Waals surface area contributed by atoms with Crippen molar-refractivity contribution >= 4 is 11.6 Å². The average molecular weight is 357 g/mol. The van der Waals surface area contributed by atoms with Crippen molar-refractivity contribution in [3.8, 4) is 0 Å². The minimum atomic E-state index is -0.496. The van der Waals surface area contributed by atoms with Gasteiger partial charge in [0.05, 0.1) is 4.92 Å². The van der Waals surface area contributed by atoms with Crippen LogP contribution in [0.4, 0.5) is 10.1 Å². The Morgan fingerprint density at radius 3 is 2.42 bits per heavy atom. The highest BCUT2D eigenvalue weighted by Gasteiger charge is 2.23. The van der Waals surface area contributed by atoms with E-state index in [9.17, 15) is 19.3 Å². The fourth-order valence-electron chi connectivity index (χ4n) is 3.05. The molecule has 3 rings (SSSR count). The van der Waals surface area contributed by atoms with Gasteiger partial charge in [-0.1, -0.05) is 18.2 Å². The maximum atomic E-state index is 12.9. The predicted octanol–water partition coefficient (Wildman–Crippen LogP) is 2.73. The molecule has 0 spiro atoms. The third kappa shape index (κ3) is 4.43. The van der Waals surface area contributed by atoms with E-state index in [0.29, 0.717) is 18.7 Å². The van der Waals surface area contributed by atoms with Gasteiger partial charge >= 0.3 is 0 Å². The molecule has 1 aliphatic rings. The molecule has 6 nitrogen and oxygen atoms in total. The van der Waals surface area contributed by atoms with Crippen molar-refractivity contribution in [3.63, 3.8) is 0 Å². The Bertz CT molecular complexity index is 787. The number of piperazine rings is 1. The Kier molecular flexibility index (Phi) is 5.58. The molecule has 0 atom stereocenters. The number of amides is 1. The maximum absolute atomic E-state index is 12.9. The van der Waals surface area contributed by atoms with Crippen LogP contribution in [0.5, 0.6) is 0 Å². The molecule has 7 heteroatoms. The third-order valence-electron chi connectivity index (χ3n) is 4.59. The average Bonchev–Trinajstić information content (AvgIpc) is 2.67. The fourth-order valence-corrected chi connectivity index (χ4v) is 3.05. The molecule has 0 radical (unpaired) electrons. The Labute approximate surface area is 151 Å². The Morgan fingerprint density at radius 1 is 1.08 bits per heavy atom. The second-order valence-corrected chi connectivity index (χ2v) is 6.32. The van der Waals surface area contributed by atoms with Crippen LogP contribution < -0.4 is 0 Å². The number of carbonyl (C=O) groups is 1. The molecule has 1 amide bonds. The minimum absolute atomic E-state index is 0.0752. The summed E-state index contributed by atoms with van der Waals surface area (Å²) >= 11 is 0. The van der Waals surface area contributed by atoms with Gasteiger partial charge in [0.25, 0.3) is 11.6 Å². The van der Waals surface area contributed by atoms with Crippen LogP contribution in [-0.4, -0.2) is 53.4 Å². The minimum Gasteiger partial charge on any atom is -0.336 e. The summed E-state index contributed by atoms with van der Waals surface area (Å²) in [5, 5.41) is 10.9. The molecule has 1 saturated heterocycles. The van der Waals surface area contributed by atoms with E-state index in [4.69, 9.17) is 0 Å². The Balaban J connectivity index is 1.51. The van der Waals surface area contributed by atoms with Crippen molar-refractivity contribution in [3.05, 3.63) is 75.6 Å². The summed E-state index contributed by atoms with van der Waals surface area (Å²) in [5.41, 5.74) is 1.36. The summed E-state index contributed by atoms with van der Waals surface area (Å²) in [7, 11) is 0. The molecule has 1 aliphatic heterocycles. The number of rotatable bonds is 5. The van der Waals surface area contributed by atoms with Crippen LogP contribution in [0.1, 0.15) is 15.9 Å². The summed E-state index contributed by atoms with van der Waals surface area (Å²) in [4.78, 5) is 26.9. The molecule has 136 valence electrons. The Hall–Kier alpha value is -2.80. The first kappa shape index (κ1) is 18.0. The van der Waals surface area contributed by atoms with Gasteiger partial charge in [0.1, 0.15) is 5.82 Å². The van der Waals surface area contributed by atoms with E-state index in [-0.39, 0.29) is 17.4 Å². The number of nitro benzene ring substituents is 1. The predicted molar refractivity (Wildman–Crippen MR) is 95.5 cm³/mol. The number of nitro groups is 1. The highest BCUT2D eigenvalue weighted by molar-refractivity contribution is 5.94. The quantitative estimate of drug-likeness (QED) is 0.610. The van der Waals surface area contributed by atoms with Gasteiger partial charge in [-0.2, -0.15) is 0 Å². The number of nitrogens with zero attached hydrogens (tertiary/aromatic N) is 3. The van der Waals surface area contributed by atoms with Crippen LogP contribution >= 0.6 is 0 Å². The molecule has 0 aliphatic carbocycles. The van der Waals surface area contributed by atoms with Gasteiger partial charge in [-0.05, 0) is 30.2 Å². The second-order valence-electron chi connectivity index (χ2n) is 6.32. The van der Waals surface area contributed by atoms with Gasteiger partial charge in [0.15, 0.2) is 0 Å². The van der Waals surface area contributed by atoms with Crippen molar-refractivity contribution in [2.75, 3.05) is 32.7 Å². The number of non-ortho nitro benzene ring substituents is 1. The second kappa shape index (κ2) is 8.05. The highest BCUT2D eigenvalue weighted by atomic mass is 19.1. The van der Waals surface area contributed by atoms with Crippen LogP contribution in [0.3, 0.4) is 0 Å². The molecule has 0 aromatic heterocycles. The normalized spacial score (nSPS) is 15.0. The van der Waals surface area contributed by atoms with Crippen molar-refractivity contribution in [1.82, 2.24) is 9.80 Å². The molecular weight excluding hydrogens is 337 g/mol. The standard InChI is InChI=1S/C19H20FN3O3/c20-17-6-4-15(5-7-17)8-9-21-10-12-22(13-11-21)19(24)16-2-1-3-18(14-16)23(25)26/h1-7,14H,8-13H2. The van der Waals surface area contributed by atoms with E-state index in [1.807, 2.05) is 0 Å². The summed E-state index contributed by atoms with van der Waals surface area (Å²) in [6, 6.07) is 12.3. The third-order valence-corrected chi connectivity index (χ3v) is 4.59. The van der Waals surface area contributed by atoms with Crippen LogP contribution in [0.2, 0.25) is 0 Å². The smallest absolute Gasteiger partial charge is 0.270 e. The molecule has 26 heavy (non-hydrogen) atoms. The summed E-state index contributed by atoms with van der Waals surface area (Å²) < 4.78 is 12.9. The molecule has 1 fully saturated rings. The van der Waals surface area contributed by atoms with Gasteiger partial charge in [0, 0.05) is 50.4 Å². The van der Waals surface area contributed by atoms with E-state index < -0.39 is 4.92 Å². The first-order valence-electron chi connectivity index (χ1n) is 8.53. The molecule has 1 heterocycles. The molecule has 0 N–H and O–H groups in total. The van der Waals surface area contributed by atoms with E-state index in [1.165, 1.54) is 30.3 Å². The number of halogens is 1. The van der Waals surface area contributed by atoms with Crippen LogP contribution in [0.25, 0.3) is 0 Å². The molecule has 2 aromatic rings. The van der Waals surface area contributed by atoms with Crippen LogP contribution in [0.15, 0.2) is 48.5 Å². The van der Waals surface area contributed by atoms with E-state index in [1.54, 1.807) is 23.1 Å². The first-order valence-corrected chi connectivity index (χ1v) is 8.53. The zero-order valence-corrected chi connectivity index (χ0v) is 14.3. The van der Waals surface area contributed by atoms with Crippen molar-refractivity contribution < 1.29 is 14.1 Å². The Morgan fingerprint density at radius 2 is 1.77 bits per heavy atom. The largest absolute Gasteiger partial charge is 0.336 e. The lowest BCUT2D eigenvalue weighted by atomic mass is 10.1. The lowest BCUT2D eigenvalue weighted by molar-refractivity contribution is -0.384. The first-order chi connectivity index (χ1) is 12.5. The molecular formula is C19H20FN3O3. The number of hydrogen-bond donors (Lipinski definition) is 0. The fraction of sp³-hybridized carbons (Fsp3) is 0.316. The van der Waals surface area contributed by atoms with Gasteiger partial charge in [-0.25, -0.2) is 4.39 Å². The summed E-state index contributed by atoms with van der Waals surface area (Å²) in [6.45, 7) is 3.53. The van der Waals surface area contributed by atoms with Gasteiger partial charge in [-0.15, -0.1) is 0 Å². The number of hydrogen-bond acceptors (Lipinski definition) is 4. The van der Waals surface area contributed by atoms with Crippen LogP contribution in [0, 0.1) is 15.9 Å². The zero-order valence-electron chi connectivity index (χ0n) is 14.3. The summed E-state index contributed by atoms with van der Waals surface area (Å²) in [5.74, 6) is -0.408. The highest BCUT2D eigenvalue weighted by Crippen LogP contribution is 2.16. The zero-order chi connectivity index (χ0) is 18.5. The molecule has 2 aromatic carbocycles. The molecule has 0 unspecified atom stereocenters. The van der Waals surface area contributed by atoms with Gasteiger partial charge < -0.3 is 4.90 Å². The van der Waals surface area contributed by atoms with Gasteiger partial charge in [-0.3, -0.25) is 19.8 Å². The monoisotopic (exact) mass is 357 g/mol. The topological polar surface area (TPSA) is 66.7 Å². The van der Waals surface area contributed by atoms with Crippen molar-refractivity contribution in [2.45, 2.75) is 6.42 Å². The molecule has 0 saturated carbocycles. The number of benzene rings is 2. The van der Waals surface area contributed by atoms with Gasteiger partial charge in [0.2, 0.25) is 0 Å².